The quantitative estimate of drug-likeness (QED) is 0.827. The molecule has 0 saturated carbocycles. The monoisotopic (exact) mass is 421 g/mol. The molecule has 1 atom stereocenters. The first-order chi connectivity index (χ1) is 12.9. The average Bonchev–Trinajstić information content (AvgIpc) is 2.68. The molecule has 2 aliphatic rings. The number of aryl methyl sites for hydroxylation is 1. The number of piperazine rings is 1. The number of anilines is 1. The lowest BCUT2D eigenvalue weighted by Gasteiger charge is -2.39. The number of nitrogens with one attached hydrogen (secondary N) is 1. The first-order valence-corrected chi connectivity index (χ1v) is 10.6. The zero-order valence-electron chi connectivity index (χ0n) is 15.7. The first kappa shape index (κ1) is 20.8. The van der Waals surface area contributed by atoms with Crippen LogP contribution in [0.4, 0.5) is 5.69 Å². The molecule has 8 heteroatoms. The summed E-state index contributed by atoms with van der Waals surface area (Å²) in [5.41, 5.74) is 2.59. The SMILES string of the molecule is CN1CCN(S(=O)(=O)c2ccc3c(c2)CCC(=O)N3)C(c2ccccc2)C1.Cl. The van der Waals surface area contributed by atoms with Crippen LogP contribution in [0, 0.1) is 0 Å². The van der Waals surface area contributed by atoms with Crippen molar-refractivity contribution in [1.29, 1.82) is 0 Å². The van der Waals surface area contributed by atoms with Crippen molar-refractivity contribution >= 4 is 34.0 Å². The van der Waals surface area contributed by atoms with Gasteiger partial charge in [0.25, 0.3) is 0 Å². The second kappa shape index (κ2) is 8.21. The summed E-state index contributed by atoms with van der Waals surface area (Å²) in [5, 5.41) is 2.80. The molecule has 0 aromatic heterocycles. The lowest BCUT2D eigenvalue weighted by Crippen LogP contribution is -2.49. The number of carbonyl (C=O) groups is 1. The molecule has 28 heavy (non-hydrogen) atoms. The summed E-state index contributed by atoms with van der Waals surface area (Å²) in [5.74, 6) is -0.0266. The van der Waals surface area contributed by atoms with Crippen LogP contribution in [0.2, 0.25) is 0 Å². The standard InChI is InChI=1S/C20H23N3O3S.ClH/c1-22-11-12-23(19(14-22)15-5-3-2-4-6-15)27(25,26)17-8-9-18-16(13-17)7-10-20(24)21-18;/h2-6,8-9,13,19H,7,10-12,14H2,1H3,(H,21,24);1H. The van der Waals surface area contributed by atoms with E-state index in [1.807, 2.05) is 37.4 Å². The Labute approximate surface area is 172 Å². The largest absolute Gasteiger partial charge is 0.326 e. The lowest BCUT2D eigenvalue weighted by molar-refractivity contribution is -0.116. The predicted molar refractivity (Wildman–Crippen MR) is 111 cm³/mol. The first-order valence-electron chi connectivity index (χ1n) is 9.13. The highest BCUT2D eigenvalue weighted by Gasteiger charge is 2.36. The van der Waals surface area contributed by atoms with E-state index in [0.29, 0.717) is 43.1 Å². The molecule has 150 valence electrons. The number of amides is 1. The van der Waals surface area contributed by atoms with E-state index in [1.165, 1.54) is 0 Å². The third-order valence-electron chi connectivity index (χ3n) is 5.30. The van der Waals surface area contributed by atoms with Gasteiger partial charge in [0.05, 0.1) is 10.9 Å². The number of sulfonamides is 1. The van der Waals surface area contributed by atoms with E-state index in [1.54, 1.807) is 22.5 Å². The summed E-state index contributed by atoms with van der Waals surface area (Å²) in [7, 11) is -1.62. The van der Waals surface area contributed by atoms with Crippen LogP contribution in [0.3, 0.4) is 0 Å². The molecule has 0 bridgehead atoms. The van der Waals surface area contributed by atoms with Crippen LogP contribution >= 0.6 is 12.4 Å². The van der Waals surface area contributed by atoms with E-state index >= 15 is 0 Å². The molecule has 6 nitrogen and oxygen atoms in total. The fraction of sp³-hybridized carbons (Fsp3) is 0.350. The minimum Gasteiger partial charge on any atom is -0.326 e. The Balaban J connectivity index is 0.00000225. The molecule has 2 aliphatic heterocycles. The highest BCUT2D eigenvalue weighted by molar-refractivity contribution is 7.89. The minimum absolute atomic E-state index is 0. The van der Waals surface area contributed by atoms with Gasteiger partial charge in [-0.1, -0.05) is 30.3 Å². The van der Waals surface area contributed by atoms with Crippen molar-refractivity contribution in [2.45, 2.75) is 23.8 Å². The van der Waals surface area contributed by atoms with E-state index in [9.17, 15) is 13.2 Å². The maximum absolute atomic E-state index is 13.4. The normalized spacial score (nSPS) is 20.8. The van der Waals surface area contributed by atoms with Crippen LogP contribution in [0.25, 0.3) is 0 Å². The van der Waals surface area contributed by atoms with Gasteiger partial charge >= 0.3 is 0 Å². The summed E-state index contributed by atoms with van der Waals surface area (Å²) < 4.78 is 28.5. The van der Waals surface area contributed by atoms with Gasteiger partial charge in [-0.05, 0) is 42.8 Å². The molecule has 0 radical (unpaired) electrons. The van der Waals surface area contributed by atoms with Gasteiger partial charge < -0.3 is 10.2 Å². The number of carbonyl (C=O) groups excluding carboxylic acids is 1. The Kier molecular flexibility index (Phi) is 6.09. The zero-order chi connectivity index (χ0) is 19.0. The van der Waals surface area contributed by atoms with Gasteiger partial charge in [-0.2, -0.15) is 4.31 Å². The minimum atomic E-state index is -3.64. The van der Waals surface area contributed by atoms with Crippen molar-refractivity contribution in [3.8, 4) is 0 Å². The van der Waals surface area contributed by atoms with Gasteiger partial charge in [0.15, 0.2) is 0 Å². The lowest BCUT2D eigenvalue weighted by atomic mass is 10.0. The maximum Gasteiger partial charge on any atom is 0.243 e. The molecular formula is C20H24ClN3O3S. The van der Waals surface area contributed by atoms with E-state index in [0.717, 1.165) is 11.1 Å². The number of benzene rings is 2. The second-order valence-corrected chi connectivity index (χ2v) is 9.06. The Morgan fingerprint density at radius 3 is 2.54 bits per heavy atom. The predicted octanol–water partition coefficient (Wildman–Crippen LogP) is 2.67. The summed E-state index contributed by atoms with van der Waals surface area (Å²) >= 11 is 0. The number of rotatable bonds is 3. The molecule has 2 heterocycles. The molecule has 2 aromatic carbocycles. The van der Waals surface area contributed by atoms with Crippen molar-refractivity contribution in [2.24, 2.45) is 0 Å². The Bertz CT molecular complexity index is 966. The summed E-state index contributed by atoms with van der Waals surface area (Å²) in [6, 6.07) is 14.6. The number of nitrogens with zero attached hydrogens (tertiary/aromatic N) is 2. The van der Waals surface area contributed by atoms with Crippen molar-refractivity contribution < 1.29 is 13.2 Å². The van der Waals surface area contributed by atoms with E-state index < -0.39 is 10.0 Å². The van der Waals surface area contributed by atoms with Gasteiger partial charge in [0.1, 0.15) is 0 Å². The van der Waals surface area contributed by atoms with Gasteiger partial charge in [-0.15, -0.1) is 12.4 Å². The topological polar surface area (TPSA) is 69.7 Å². The number of hydrogen-bond acceptors (Lipinski definition) is 4. The molecule has 1 unspecified atom stereocenters. The molecular weight excluding hydrogens is 398 g/mol. The molecule has 1 fully saturated rings. The van der Waals surface area contributed by atoms with E-state index in [4.69, 9.17) is 0 Å². The summed E-state index contributed by atoms with van der Waals surface area (Å²) in [6.07, 6.45) is 0.951. The van der Waals surface area contributed by atoms with Crippen LogP contribution in [-0.2, 0) is 21.2 Å². The summed E-state index contributed by atoms with van der Waals surface area (Å²) in [6.45, 7) is 1.81. The summed E-state index contributed by atoms with van der Waals surface area (Å²) in [4.78, 5) is 14.0. The zero-order valence-corrected chi connectivity index (χ0v) is 17.3. The van der Waals surface area contributed by atoms with Crippen molar-refractivity contribution in [3.63, 3.8) is 0 Å². The fourth-order valence-corrected chi connectivity index (χ4v) is 5.44. The highest BCUT2D eigenvalue weighted by atomic mass is 35.5. The molecule has 0 spiro atoms. The number of likely N-dealkylation sites (N-methyl/N-ethyl adjacent to an activating group) is 1. The van der Waals surface area contributed by atoms with Crippen LogP contribution < -0.4 is 5.32 Å². The number of fused-ring (bicyclic) bond motifs is 1. The van der Waals surface area contributed by atoms with Gasteiger partial charge in [0, 0.05) is 31.7 Å². The molecule has 2 aromatic rings. The fourth-order valence-electron chi connectivity index (χ4n) is 3.79. The van der Waals surface area contributed by atoms with Gasteiger partial charge in [-0.25, -0.2) is 8.42 Å². The highest BCUT2D eigenvalue weighted by Crippen LogP contribution is 2.33. The third kappa shape index (κ3) is 3.93. The maximum atomic E-state index is 13.4. The second-order valence-electron chi connectivity index (χ2n) is 7.17. The van der Waals surface area contributed by atoms with Crippen molar-refractivity contribution in [2.75, 3.05) is 32.0 Å². The number of halogens is 1. The molecule has 0 aliphatic carbocycles. The molecule has 1 saturated heterocycles. The van der Waals surface area contributed by atoms with Crippen LogP contribution in [-0.4, -0.2) is 50.2 Å². The van der Waals surface area contributed by atoms with E-state index in [2.05, 4.69) is 10.2 Å². The van der Waals surface area contributed by atoms with Gasteiger partial charge in [0.2, 0.25) is 15.9 Å². The van der Waals surface area contributed by atoms with Crippen molar-refractivity contribution in [3.05, 3.63) is 59.7 Å². The smallest absolute Gasteiger partial charge is 0.243 e. The van der Waals surface area contributed by atoms with Gasteiger partial charge in [-0.3, -0.25) is 4.79 Å². The van der Waals surface area contributed by atoms with Crippen LogP contribution in [0.1, 0.15) is 23.6 Å². The number of hydrogen-bond donors (Lipinski definition) is 1. The van der Waals surface area contributed by atoms with Crippen LogP contribution in [0.15, 0.2) is 53.4 Å². The Morgan fingerprint density at radius 2 is 1.79 bits per heavy atom. The Morgan fingerprint density at radius 1 is 1.04 bits per heavy atom. The molecule has 1 amide bonds. The third-order valence-corrected chi connectivity index (χ3v) is 7.20. The van der Waals surface area contributed by atoms with E-state index in [-0.39, 0.29) is 24.4 Å². The average molecular weight is 422 g/mol. The molecule has 4 rings (SSSR count). The van der Waals surface area contributed by atoms with Crippen molar-refractivity contribution in [1.82, 2.24) is 9.21 Å². The Hall–Kier alpha value is -1.93. The van der Waals surface area contributed by atoms with Crippen LogP contribution in [0.5, 0.6) is 0 Å². The molecule has 1 N–H and O–H groups in total.